The van der Waals surface area contributed by atoms with E-state index in [0.717, 1.165) is 49.7 Å². The Labute approximate surface area is 287 Å². The summed E-state index contributed by atoms with van der Waals surface area (Å²) in [6, 6.07) is 10.9. The van der Waals surface area contributed by atoms with Gasteiger partial charge in [0.1, 0.15) is 6.04 Å². The van der Waals surface area contributed by atoms with Crippen LogP contribution in [0, 0.1) is 0 Å². The Kier molecular flexibility index (Phi) is 11.0. The fourth-order valence-corrected chi connectivity index (χ4v) is 8.07. The van der Waals surface area contributed by atoms with E-state index in [-0.39, 0.29) is 36.4 Å². The first-order chi connectivity index (χ1) is 23.6. The van der Waals surface area contributed by atoms with E-state index >= 15 is 0 Å². The fourth-order valence-electron chi connectivity index (χ4n) is 8.07. The molecule has 49 heavy (non-hydrogen) atoms. The molecule has 0 unspecified atom stereocenters. The number of hydrogen-bond acceptors (Lipinski definition) is 4. The highest BCUT2D eigenvalue weighted by Gasteiger charge is 2.37. The Morgan fingerprint density at radius 1 is 0.878 bits per heavy atom. The van der Waals surface area contributed by atoms with Crippen molar-refractivity contribution in [2.75, 3.05) is 51.1 Å². The molecule has 0 bridgehead atoms. The Hall–Kier alpha value is -3.80. The number of nitrogens with one attached hydrogen (secondary N) is 2. The standard InChI is InChI=1S/C37H49F3N6O3/c1-2-27-11-10-26(24-31(27)37(38,39)40)25-33(34(47)44-19-13-29(14-20-44)43-17-6-3-7-18-43)42-35(48)45-21-15-30(16-22-45)46-23-12-28-8-4-5-9-32(28)41-36(46)49/h4-5,8-11,24,29-30,33H,2-3,6-7,12-23,25H2,1H3,(H,41,49)(H,42,48)/t33-/m1/s1. The molecule has 12 heteroatoms. The number of carbonyl (C=O) groups is 3. The van der Waals surface area contributed by atoms with E-state index in [0.29, 0.717) is 57.2 Å². The molecule has 3 fully saturated rings. The van der Waals surface area contributed by atoms with Gasteiger partial charge in [0.15, 0.2) is 0 Å². The molecule has 0 aromatic heterocycles. The minimum atomic E-state index is -4.52. The number of anilines is 1. The first kappa shape index (κ1) is 35.0. The van der Waals surface area contributed by atoms with Crippen LogP contribution in [0.4, 0.5) is 28.4 Å². The molecule has 2 N–H and O–H groups in total. The zero-order valence-corrected chi connectivity index (χ0v) is 28.4. The first-order valence-electron chi connectivity index (χ1n) is 18.0. The minimum absolute atomic E-state index is 0.0325. The number of carbonyl (C=O) groups excluding carboxylic acids is 3. The molecule has 4 aliphatic heterocycles. The van der Waals surface area contributed by atoms with Crippen molar-refractivity contribution in [3.8, 4) is 0 Å². The number of halogens is 3. The van der Waals surface area contributed by atoms with Crippen molar-refractivity contribution < 1.29 is 27.6 Å². The van der Waals surface area contributed by atoms with E-state index in [9.17, 15) is 27.6 Å². The van der Waals surface area contributed by atoms with Gasteiger partial charge in [-0.25, -0.2) is 9.59 Å². The summed E-state index contributed by atoms with van der Waals surface area (Å²) >= 11 is 0. The van der Waals surface area contributed by atoms with E-state index in [4.69, 9.17) is 0 Å². The number of hydrogen-bond donors (Lipinski definition) is 2. The van der Waals surface area contributed by atoms with Gasteiger partial charge in [-0.1, -0.05) is 43.7 Å². The number of benzene rings is 2. The molecule has 5 amide bonds. The molecular weight excluding hydrogens is 633 g/mol. The largest absolute Gasteiger partial charge is 0.416 e. The predicted molar refractivity (Wildman–Crippen MR) is 182 cm³/mol. The molecule has 6 rings (SSSR count). The van der Waals surface area contributed by atoms with Crippen LogP contribution in [-0.4, -0.2) is 102 Å². The van der Waals surface area contributed by atoms with Gasteiger partial charge in [-0.2, -0.15) is 13.2 Å². The number of amides is 5. The van der Waals surface area contributed by atoms with Crippen molar-refractivity contribution in [3.63, 3.8) is 0 Å². The minimum Gasteiger partial charge on any atom is -0.341 e. The number of rotatable bonds is 7. The van der Waals surface area contributed by atoms with Gasteiger partial charge in [0.05, 0.1) is 5.56 Å². The molecule has 2 aromatic carbocycles. The monoisotopic (exact) mass is 682 g/mol. The molecule has 1 atom stereocenters. The van der Waals surface area contributed by atoms with E-state index in [1.165, 1.54) is 25.3 Å². The summed E-state index contributed by atoms with van der Waals surface area (Å²) < 4.78 is 41.8. The maximum atomic E-state index is 14.0. The van der Waals surface area contributed by atoms with E-state index in [2.05, 4.69) is 15.5 Å². The van der Waals surface area contributed by atoms with Crippen LogP contribution in [-0.2, 0) is 30.2 Å². The van der Waals surface area contributed by atoms with Gasteiger partial charge in [-0.15, -0.1) is 0 Å². The average Bonchev–Trinajstić information content (AvgIpc) is 3.29. The molecule has 3 saturated heterocycles. The molecule has 4 heterocycles. The van der Waals surface area contributed by atoms with Crippen molar-refractivity contribution in [1.29, 1.82) is 0 Å². The highest BCUT2D eigenvalue weighted by molar-refractivity contribution is 5.91. The SMILES string of the molecule is CCc1ccc(C[C@@H](NC(=O)N2CCC(N3CCc4ccccc4NC3=O)CC2)C(=O)N2CCC(N3CCCCC3)CC2)cc1C(F)(F)F. The fraction of sp³-hybridized carbons (Fsp3) is 0.595. The smallest absolute Gasteiger partial charge is 0.341 e. The molecule has 0 spiro atoms. The molecule has 4 aliphatic rings. The zero-order chi connectivity index (χ0) is 34.5. The second-order valence-electron chi connectivity index (χ2n) is 14.0. The second-order valence-corrected chi connectivity index (χ2v) is 14.0. The Morgan fingerprint density at radius 3 is 2.24 bits per heavy atom. The molecular formula is C37H49F3N6O3. The van der Waals surface area contributed by atoms with Crippen LogP contribution >= 0.6 is 0 Å². The summed E-state index contributed by atoms with van der Waals surface area (Å²) in [7, 11) is 0. The summed E-state index contributed by atoms with van der Waals surface area (Å²) in [5.74, 6) is -0.255. The van der Waals surface area contributed by atoms with Gasteiger partial charge >= 0.3 is 18.2 Å². The topological polar surface area (TPSA) is 88.2 Å². The maximum Gasteiger partial charge on any atom is 0.416 e. The number of para-hydroxylation sites is 1. The summed E-state index contributed by atoms with van der Waals surface area (Å²) in [6.45, 7) is 6.35. The van der Waals surface area contributed by atoms with Crippen LogP contribution in [0.5, 0.6) is 0 Å². The first-order valence-corrected chi connectivity index (χ1v) is 18.0. The lowest BCUT2D eigenvalue weighted by Crippen LogP contribution is -2.57. The number of nitrogens with zero attached hydrogens (tertiary/aromatic N) is 4. The normalized spacial score (nSPS) is 20.7. The van der Waals surface area contributed by atoms with Crippen molar-refractivity contribution in [2.24, 2.45) is 0 Å². The number of piperidine rings is 3. The van der Waals surface area contributed by atoms with Crippen LogP contribution in [0.25, 0.3) is 0 Å². The van der Waals surface area contributed by atoms with Gasteiger partial charge in [0.2, 0.25) is 5.91 Å². The van der Waals surface area contributed by atoms with Gasteiger partial charge < -0.3 is 30.2 Å². The third-order valence-electron chi connectivity index (χ3n) is 10.9. The van der Waals surface area contributed by atoms with Gasteiger partial charge in [0.25, 0.3) is 0 Å². The van der Waals surface area contributed by atoms with Crippen molar-refractivity contribution in [1.82, 2.24) is 24.9 Å². The van der Waals surface area contributed by atoms with Gasteiger partial charge in [-0.05, 0) is 93.3 Å². The summed E-state index contributed by atoms with van der Waals surface area (Å²) in [4.78, 5) is 48.6. The van der Waals surface area contributed by atoms with E-state index in [1.807, 2.05) is 29.2 Å². The molecule has 9 nitrogen and oxygen atoms in total. The number of urea groups is 2. The predicted octanol–water partition coefficient (Wildman–Crippen LogP) is 5.92. The van der Waals surface area contributed by atoms with Crippen molar-refractivity contribution in [3.05, 3.63) is 64.7 Å². The Morgan fingerprint density at radius 2 is 1.55 bits per heavy atom. The van der Waals surface area contributed by atoms with Gasteiger partial charge in [-0.3, -0.25) is 4.79 Å². The summed E-state index contributed by atoms with van der Waals surface area (Å²) in [5, 5.41) is 5.95. The highest BCUT2D eigenvalue weighted by Crippen LogP contribution is 2.33. The summed E-state index contributed by atoms with van der Waals surface area (Å²) in [5.41, 5.74) is 1.78. The third kappa shape index (κ3) is 8.33. The lowest BCUT2D eigenvalue weighted by molar-refractivity contribution is -0.138. The summed E-state index contributed by atoms with van der Waals surface area (Å²) in [6.07, 6.45) is 2.95. The number of aryl methyl sites for hydroxylation is 1. The second kappa shape index (κ2) is 15.4. The molecule has 266 valence electrons. The van der Waals surface area contributed by atoms with Crippen molar-refractivity contribution >= 4 is 23.7 Å². The average molecular weight is 683 g/mol. The zero-order valence-electron chi connectivity index (χ0n) is 28.4. The van der Waals surface area contributed by atoms with Gasteiger partial charge in [0, 0.05) is 56.9 Å². The van der Waals surface area contributed by atoms with E-state index < -0.39 is 23.8 Å². The van der Waals surface area contributed by atoms with Crippen LogP contribution in [0.1, 0.15) is 74.1 Å². The Balaban J connectivity index is 1.12. The van der Waals surface area contributed by atoms with Crippen LogP contribution < -0.4 is 10.6 Å². The van der Waals surface area contributed by atoms with Crippen molar-refractivity contribution in [2.45, 2.75) is 95.4 Å². The molecule has 2 aromatic rings. The third-order valence-corrected chi connectivity index (χ3v) is 10.9. The van der Waals surface area contributed by atoms with E-state index in [1.54, 1.807) is 22.8 Å². The maximum absolute atomic E-state index is 14.0. The quantitative estimate of drug-likeness (QED) is 0.380. The number of fused-ring (bicyclic) bond motifs is 1. The number of alkyl halides is 3. The van der Waals surface area contributed by atoms with Crippen LogP contribution in [0.15, 0.2) is 42.5 Å². The Bertz CT molecular complexity index is 1480. The highest BCUT2D eigenvalue weighted by atomic mass is 19.4. The number of likely N-dealkylation sites (tertiary alicyclic amines) is 3. The lowest BCUT2D eigenvalue weighted by atomic mass is 9.96. The van der Waals surface area contributed by atoms with Crippen LogP contribution in [0.2, 0.25) is 0 Å². The lowest BCUT2D eigenvalue weighted by Gasteiger charge is -2.41. The van der Waals surface area contributed by atoms with Crippen LogP contribution in [0.3, 0.4) is 0 Å². The molecule has 0 aliphatic carbocycles. The molecule has 0 radical (unpaired) electrons. The molecule has 0 saturated carbocycles.